The van der Waals surface area contributed by atoms with Gasteiger partial charge in [-0.05, 0) is 49.6 Å². The predicted octanol–water partition coefficient (Wildman–Crippen LogP) is 2.04. The van der Waals surface area contributed by atoms with Crippen molar-refractivity contribution in [3.05, 3.63) is 41.2 Å². The molecule has 1 aliphatic heterocycles. The lowest BCUT2D eigenvalue weighted by atomic mass is 9.86. The van der Waals surface area contributed by atoms with Crippen LogP contribution >= 0.6 is 0 Å². The summed E-state index contributed by atoms with van der Waals surface area (Å²) in [7, 11) is 0. The van der Waals surface area contributed by atoms with Crippen LogP contribution in [0.1, 0.15) is 18.9 Å². The van der Waals surface area contributed by atoms with Gasteiger partial charge in [-0.3, -0.25) is 0 Å². The monoisotopic (exact) mass is 279 g/mol. The van der Waals surface area contributed by atoms with Gasteiger partial charge in [0.15, 0.2) is 0 Å². The Balaban J connectivity index is 2.34. The summed E-state index contributed by atoms with van der Waals surface area (Å²) in [6.45, 7) is 1.71. The van der Waals surface area contributed by atoms with E-state index in [1.807, 2.05) is 0 Å². The molecule has 0 aromatic heterocycles. The maximum absolute atomic E-state index is 13.1. The van der Waals surface area contributed by atoms with Crippen LogP contribution in [-0.4, -0.2) is 27.7 Å². The van der Waals surface area contributed by atoms with Crippen molar-refractivity contribution in [1.29, 1.82) is 0 Å². The quantitative estimate of drug-likeness (QED) is 0.448. The Bertz CT molecular complexity index is 595. The van der Waals surface area contributed by atoms with Crippen molar-refractivity contribution in [2.45, 2.75) is 25.3 Å². The maximum Gasteiger partial charge on any atom is 0.342 e. The molecule has 1 aliphatic rings. The second-order valence-corrected chi connectivity index (χ2v) is 5.01. The fourth-order valence-corrected chi connectivity index (χ4v) is 2.30. The molecule has 0 spiro atoms. The van der Waals surface area contributed by atoms with Gasteiger partial charge < -0.3 is 15.5 Å². The molecule has 20 heavy (non-hydrogen) atoms. The molecule has 0 saturated heterocycles. The van der Waals surface area contributed by atoms with Gasteiger partial charge in [-0.25, -0.2) is 14.0 Å². The predicted molar refractivity (Wildman–Crippen MR) is 70.1 cm³/mol. The van der Waals surface area contributed by atoms with Gasteiger partial charge in [0, 0.05) is 5.69 Å². The van der Waals surface area contributed by atoms with Crippen LogP contribution < -0.4 is 5.32 Å². The van der Waals surface area contributed by atoms with Crippen LogP contribution in [0.5, 0.6) is 0 Å². The summed E-state index contributed by atoms with van der Waals surface area (Å²) in [6, 6.07) is 4.29. The Morgan fingerprint density at radius 1 is 1.35 bits per heavy atom. The SMILES string of the molecule is CC1(C=C(C(=O)O)C(=O)O)CCc2cc(F)ccc2N1. The topological polar surface area (TPSA) is 86.6 Å². The van der Waals surface area contributed by atoms with Crippen molar-refractivity contribution in [2.24, 2.45) is 0 Å². The minimum absolute atomic E-state index is 0.332. The van der Waals surface area contributed by atoms with Crippen LogP contribution in [0.2, 0.25) is 0 Å². The number of hydrogen-bond acceptors (Lipinski definition) is 3. The second-order valence-electron chi connectivity index (χ2n) is 5.01. The summed E-state index contributed by atoms with van der Waals surface area (Å²) >= 11 is 0. The summed E-state index contributed by atoms with van der Waals surface area (Å²) in [5.74, 6) is -3.29. The molecule has 1 atom stereocenters. The van der Waals surface area contributed by atoms with E-state index >= 15 is 0 Å². The van der Waals surface area contributed by atoms with E-state index in [9.17, 15) is 14.0 Å². The lowest BCUT2D eigenvalue weighted by Crippen LogP contribution is -2.38. The van der Waals surface area contributed by atoms with E-state index in [1.54, 1.807) is 13.0 Å². The Labute approximate surface area is 114 Å². The van der Waals surface area contributed by atoms with Gasteiger partial charge in [-0.15, -0.1) is 0 Å². The first-order chi connectivity index (χ1) is 9.31. The molecule has 3 N–H and O–H groups in total. The number of anilines is 1. The third-order valence-corrected chi connectivity index (χ3v) is 3.32. The highest BCUT2D eigenvalue weighted by molar-refractivity contribution is 6.12. The number of carbonyl (C=O) groups is 2. The van der Waals surface area contributed by atoms with Gasteiger partial charge in [-0.1, -0.05) is 0 Å². The van der Waals surface area contributed by atoms with Gasteiger partial charge in [0.25, 0.3) is 0 Å². The van der Waals surface area contributed by atoms with Crippen LogP contribution in [0.25, 0.3) is 0 Å². The van der Waals surface area contributed by atoms with E-state index in [2.05, 4.69) is 5.32 Å². The maximum atomic E-state index is 13.1. The molecule has 1 unspecified atom stereocenters. The van der Waals surface area contributed by atoms with Crippen molar-refractivity contribution in [3.8, 4) is 0 Å². The van der Waals surface area contributed by atoms with E-state index in [0.717, 1.165) is 5.56 Å². The summed E-state index contributed by atoms with van der Waals surface area (Å²) in [4.78, 5) is 21.8. The van der Waals surface area contributed by atoms with Gasteiger partial charge in [-0.2, -0.15) is 0 Å². The molecule has 0 aliphatic carbocycles. The number of carboxylic acid groups (broad SMARTS) is 2. The molecule has 0 amide bonds. The van der Waals surface area contributed by atoms with Gasteiger partial charge in [0.05, 0.1) is 5.54 Å². The molecule has 6 heteroatoms. The van der Waals surface area contributed by atoms with Crippen molar-refractivity contribution >= 4 is 17.6 Å². The molecular weight excluding hydrogens is 265 g/mol. The molecule has 106 valence electrons. The number of aryl methyl sites for hydroxylation is 1. The van der Waals surface area contributed by atoms with Crippen molar-refractivity contribution in [3.63, 3.8) is 0 Å². The summed E-state index contributed by atoms with van der Waals surface area (Å²) in [5.41, 5.74) is 0.0110. The standard InChI is InChI=1S/C14H14FNO4/c1-14(7-10(12(17)18)13(19)20)5-4-8-6-9(15)2-3-11(8)16-14/h2-3,6-7,16H,4-5H2,1H3,(H,17,18)(H,19,20). The average Bonchev–Trinajstić information content (AvgIpc) is 2.36. The van der Waals surface area contributed by atoms with E-state index < -0.39 is 23.1 Å². The zero-order chi connectivity index (χ0) is 14.9. The first-order valence-corrected chi connectivity index (χ1v) is 6.07. The Kier molecular flexibility index (Phi) is 3.48. The number of rotatable bonds is 3. The number of fused-ring (bicyclic) bond motifs is 1. The van der Waals surface area contributed by atoms with Crippen molar-refractivity contribution in [2.75, 3.05) is 5.32 Å². The molecular formula is C14H14FNO4. The Morgan fingerprint density at radius 2 is 2.00 bits per heavy atom. The summed E-state index contributed by atoms with van der Waals surface area (Å²) < 4.78 is 13.1. The first-order valence-electron chi connectivity index (χ1n) is 6.07. The Morgan fingerprint density at radius 3 is 2.60 bits per heavy atom. The number of carboxylic acids is 2. The van der Waals surface area contributed by atoms with E-state index in [-0.39, 0.29) is 5.82 Å². The highest BCUT2D eigenvalue weighted by atomic mass is 19.1. The molecule has 1 heterocycles. The zero-order valence-corrected chi connectivity index (χ0v) is 10.8. The average molecular weight is 279 g/mol. The lowest BCUT2D eigenvalue weighted by molar-refractivity contribution is -0.140. The van der Waals surface area contributed by atoms with Crippen molar-refractivity contribution < 1.29 is 24.2 Å². The fraction of sp³-hybridized carbons (Fsp3) is 0.286. The van der Waals surface area contributed by atoms with Gasteiger partial charge >= 0.3 is 11.9 Å². The summed E-state index contributed by atoms with van der Waals surface area (Å²) in [5, 5.41) is 20.9. The van der Waals surface area contributed by atoms with Crippen LogP contribution in [0, 0.1) is 5.82 Å². The lowest BCUT2D eigenvalue weighted by Gasteiger charge is -2.35. The normalized spacial score (nSPS) is 20.5. The molecule has 1 aromatic rings. The van der Waals surface area contributed by atoms with Crippen LogP contribution in [0.15, 0.2) is 29.8 Å². The highest BCUT2D eigenvalue weighted by Gasteiger charge is 2.30. The summed E-state index contributed by atoms with van der Waals surface area (Å²) in [6.07, 6.45) is 2.22. The molecule has 0 radical (unpaired) electrons. The van der Waals surface area contributed by atoms with Gasteiger partial charge in [0.1, 0.15) is 11.4 Å². The number of benzene rings is 1. The van der Waals surface area contributed by atoms with Crippen LogP contribution in [-0.2, 0) is 16.0 Å². The number of halogens is 1. The molecule has 0 bridgehead atoms. The van der Waals surface area contributed by atoms with E-state index in [4.69, 9.17) is 10.2 Å². The second kappa shape index (κ2) is 4.96. The fourth-order valence-electron chi connectivity index (χ4n) is 2.30. The van der Waals surface area contributed by atoms with Crippen LogP contribution in [0.3, 0.4) is 0 Å². The molecule has 1 aromatic carbocycles. The number of hydrogen-bond donors (Lipinski definition) is 3. The third-order valence-electron chi connectivity index (χ3n) is 3.32. The largest absolute Gasteiger partial charge is 0.477 e. The minimum Gasteiger partial charge on any atom is -0.477 e. The molecule has 0 fully saturated rings. The third kappa shape index (κ3) is 2.79. The van der Waals surface area contributed by atoms with Crippen molar-refractivity contribution in [1.82, 2.24) is 0 Å². The van der Waals surface area contributed by atoms with Gasteiger partial charge in [0.2, 0.25) is 0 Å². The minimum atomic E-state index is -1.48. The first kappa shape index (κ1) is 14.0. The number of nitrogens with one attached hydrogen (secondary N) is 1. The Hall–Kier alpha value is -2.37. The smallest absolute Gasteiger partial charge is 0.342 e. The molecule has 5 nitrogen and oxygen atoms in total. The highest BCUT2D eigenvalue weighted by Crippen LogP contribution is 2.32. The zero-order valence-electron chi connectivity index (χ0n) is 10.8. The van der Waals surface area contributed by atoms with E-state index in [0.29, 0.717) is 18.5 Å². The van der Waals surface area contributed by atoms with E-state index in [1.165, 1.54) is 18.2 Å². The molecule has 2 rings (SSSR count). The number of aliphatic carboxylic acids is 2. The molecule has 0 saturated carbocycles. The van der Waals surface area contributed by atoms with Crippen LogP contribution in [0.4, 0.5) is 10.1 Å².